The molecular weight excluding hydrogens is 263 g/mol. The van der Waals surface area contributed by atoms with Gasteiger partial charge in [-0.1, -0.05) is 13.3 Å². The number of nitrogens with one attached hydrogen (secondary N) is 1. The van der Waals surface area contributed by atoms with Gasteiger partial charge in [0.1, 0.15) is 5.82 Å². The second-order valence-electron chi connectivity index (χ2n) is 4.78. The zero-order chi connectivity index (χ0) is 13.8. The van der Waals surface area contributed by atoms with Crippen molar-refractivity contribution in [2.45, 2.75) is 43.2 Å². The number of nitrogens with two attached hydrogens (primary N) is 1. The zero-order valence-corrected chi connectivity index (χ0v) is 11.8. The van der Waals surface area contributed by atoms with E-state index in [1.165, 1.54) is 12.1 Å². The van der Waals surface area contributed by atoms with Crippen molar-refractivity contribution in [1.29, 1.82) is 0 Å². The minimum Gasteiger partial charge on any atom is -0.348 e. The highest BCUT2D eigenvalue weighted by molar-refractivity contribution is 7.99. The molecule has 0 saturated heterocycles. The minimum atomic E-state index is -0.475. The van der Waals surface area contributed by atoms with Gasteiger partial charge < -0.3 is 11.1 Å². The molecule has 1 aliphatic heterocycles. The monoisotopic (exact) mass is 282 g/mol. The van der Waals surface area contributed by atoms with Gasteiger partial charge in [-0.15, -0.1) is 11.8 Å². The first-order chi connectivity index (χ1) is 9.11. The van der Waals surface area contributed by atoms with E-state index >= 15 is 0 Å². The van der Waals surface area contributed by atoms with Gasteiger partial charge in [-0.3, -0.25) is 4.79 Å². The molecule has 1 aromatic carbocycles. The van der Waals surface area contributed by atoms with Crippen LogP contribution in [0.2, 0.25) is 0 Å². The summed E-state index contributed by atoms with van der Waals surface area (Å²) in [4.78, 5) is 13.0. The summed E-state index contributed by atoms with van der Waals surface area (Å²) < 4.78 is 13.3. The fourth-order valence-electron chi connectivity index (χ4n) is 2.24. The second kappa shape index (κ2) is 6.39. The lowest BCUT2D eigenvalue weighted by Gasteiger charge is -2.27. The van der Waals surface area contributed by atoms with Crippen LogP contribution < -0.4 is 11.1 Å². The number of hydrogen-bond donors (Lipinski definition) is 2. The minimum absolute atomic E-state index is 0.123. The Morgan fingerprint density at radius 2 is 2.42 bits per heavy atom. The first-order valence-corrected chi connectivity index (χ1v) is 7.58. The Hall–Kier alpha value is -1.07. The average molecular weight is 282 g/mol. The summed E-state index contributed by atoms with van der Waals surface area (Å²) in [6, 6.07) is 4.15. The van der Waals surface area contributed by atoms with E-state index in [1.54, 1.807) is 17.8 Å². The van der Waals surface area contributed by atoms with Gasteiger partial charge in [0.05, 0.1) is 12.1 Å². The van der Waals surface area contributed by atoms with Crippen LogP contribution in [-0.4, -0.2) is 17.7 Å². The molecular formula is C14H19FN2OS. The smallest absolute Gasteiger partial charge is 0.237 e. The summed E-state index contributed by atoms with van der Waals surface area (Å²) in [5, 5.41) is 2.94. The number of amides is 1. The van der Waals surface area contributed by atoms with E-state index in [2.05, 4.69) is 5.32 Å². The van der Waals surface area contributed by atoms with Gasteiger partial charge in [0.25, 0.3) is 0 Å². The Labute approximate surface area is 117 Å². The maximum Gasteiger partial charge on any atom is 0.237 e. The number of halogens is 1. The van der Waals surface area contributed by atoms with Crippen LogP contribution in [0.25, 0.3) is 0 Å². The maximum atomic E-state index is 13.3. The van der Waals surface area contributed by atoms with Crippen LogP contribution in [0, 0.1) is 5.82 Å². The molecule has 0 radical (unpaired) electrons. The van der Waals surface area contributed by atoms with Crippen LogP contribution in [0.3, 0.4) is 0 Å². The van der Waals surface area contributed by atoms with Crippen molar-refractivity contribution in [3.63, 3.8) is 0 Å². The van der Waals surface area contributed by atoms with Gasteiger partial charge in [0, 0.05) is 10.6 Å². The highest BCUT2D eigenvalue weighted by atomic mass is 32.2. The Bertz CT molecular complexity index is 467. The first kappa shape index (κ1) is 14.3. The predicted molar refractivity (Wildman–Crippen MR) is 75.5 cm³/mol. The van der Waals surface area contributed by atoms with Gasteiger partial charge in [-0.25, -0.2) is 4.39 Å². The number of carbonyl (C=O) groups is 1. The molecule has 2 atom stereocenters. The molecule has 2 rings (SSSR count). The highest BCUT2D eigenvalue weighted by Gasteiger charge is 2.24. The van der Waals surface area contributed by atoms with Crippen LogP contribution in [0.5, 0.6) is 0 Å². The molecule has 0 spiro atoms. The van der Waals surface area contributed by atoms with Crippen LogP contribution in [0.1, 0.15) is 37.8 Å². The summed E-state index contributed by atoms with van der Waals surface area (Å²) in [5.74, 6) is 0.513. The van der Waals surface area contributed by atoms with E-state index in [-0.39, 0.29) is 17.8 Å². The molecule has 1 unspecified atom stereocenters. The van der Waals surface area contributed by atoms with Crippen molar-refractivity contribution in [1.82, 2.24) is 5.32 Å². The Kier molecular flexibility index (Phi) is 4.82. The van der Waals surface area contributed by atoms with Gasteiger partial charge >= 0.3 is 0 Å². The number of hydrogen-bond acceptors (Lipinski definition) is 3. The quantitative estimate of drug-likeness (QED) is 0.892. The summed E-state index contributed by atoms with van der Waals surface area (Å²) in [6.45, 7) is 2.00. The third-order valence-corrected chi connectivity index (χ3v) is 4.39. The maximum absolute atomic E-state index is 13.3. The number of fused-ring (bicyclic) bond motifs is 1. The number of carbonyl (C=O) groups excluding carboxylic acids is 1. The molecule has 0 bridgehead atoms. The third kappa shape index (κ3) is 3.48. The van der Waals surface area contributed by atoms with Crippen LogP contribution >= 0.6 is 11.8 Å². The van der Waals surface area contributed by atoms with Gasteiger partial charge in [0.15, 0.2) is 0 Å². The molecule has 1 heterocycles. The Morgan fingerprint density at radius 1 is 1.63 bits per heavy atom. The molecule has 0 aromatic heterocycles. The number of rotatable bonds is 4. The summed E-state index contributed by atoms with van der Waals surface area (Å²) >= 11 is 1.70. The Balaban J connectivity index is 2.11. The van der Waals surface area contributed by atoms with Gasteiger partial charge in [-0.2, -0.15) is 0 Å². The highest BCUT2D eigenvalue weighted by Crippen LogP contribution is 2.36. The standard InChI is InChI=1S/C14H19FN2OS/c1-2-3-11(16)14(18)17-12-6-7-19-13-5-4-9(15)8-10(12)13/h4-5,8,11-12H,2-3,6-7,16H2,1H3,(H,17,18)/t11-,12?/m1/s1. The number of thioether (sulfide) groups is 1. The van der Waals surface area contributed by atoms with Crippen molar-refractivity contribution >= 4 is 17.7 Å². The second-order valence-corrected chi connectivity index (χ2v) is 5.91. The van der Waals surface area contributed by atoms with E-state index in [9.17, 15) is 9.18 Å². The fraction of sp³-hybridized carbons (Fsp3) is 0.500. The largest absolute Gasteiger partial charge is 0.348 e. The fourth-order valence-corrected chi connectivity index (χ4v) is 3.34. The SMILES string of the molecule is CCC[C@@H](N)C(=O)NC1CCSc2ccc(F)cc21. The molecule has 5 heteroatoms. The van der Waals surface area contributed by atoms with Crippen molar-refractivity contribution in [2.75, 3.05) is 5.75 Å². The van der Waals surface area contributed by atoms with Crippen molar-refractivity contribution in [3.8, 4) is 0 Å². The summed E-state index contributed by atoms with van der Waals surface area (Å²) in [5.41, 5.74) is 6.67. The lowest BCUT2D eigenvalue weighted by atomic mass is 10.0. The molecule has 0 aliphatic carbocycles. The third-order valence-electron chi connectivity index (χ3n) is 3.26. The van der Waals surface area contributed by atoms with Crippen molar-refractivity contribution < 1.29 is 9.18 Å². The van der Waals surface area contributed by atoms with E-state index < -0.39 is 6.04 Å². The van der Waals surface area contributed by atoms with Crippen molar-refractivity contribution in [3.05, 3.63) is 29.6 Å². The topological polar surface area (TPSA) is 55.1 Å². The van der Waals surface area contributed by atoms with Gasteiger partial charge in [0.2, 0.25) is 5.91 Å². The van der Waals surface area contributed by atoms with E-state index in [4.69, 9.17) is 5.73 Å². The molecule has 0 fully saturated rings. The molecule has 3 nitrogen and oxygen atoms in total. The lowest BCUT2D eigenvalue weighted by molar-refractivity contribution is -0.123. The molecule has 3 N–H and O–H groups in total. The van der Waals surface area contributed by atoms with Crippen LogP contribution in [0.15, 0.2) is 23.1 Å². The van der Waals surface area contributed by atoms with Crippen molar-refractivity contribution in [2.24, 2.45) is 5.73 Å². The molecule has 1 aliphatic rings. The van der Waals surface area contributed by atoms with Crippen LogP contribution in [-0.2, 0) is 4.79 Å². The summed E-state index contributed by atoms with van der Waals surface area (Å²) in [6.07, 6.45) is 2.36. The van der Waals surface area contributed by atoms with E-state index in [0.717, 1.165) is 29.1 Å². The number of benzene rings is 1. The lowest BCUT2D eigenvalue weighted by Crippen LogP contribution is -2.42. The van der Waals surface area contributed by atoms with Gasteiger partial charge in [-0.05, 0) is 36.6 Å². The average Bonchev–Trinajstić information content (AvgIpc) is 2.39. The van der Waals surface area contributed by atoms with Crippen LogP contribution in [0.4, 0.5) is 4.39 Å². The molecule has 1 aromatic rings. The summed E-state index contributed by atoms with van der Waals surface area (Å²) in [7, 11) is 0. The van der Waals surface area contributed by atoms with E-state index in [1.807, 2.05) is 6.92 Å². The molecule has 104 valence electrons. The molecule has 19 heavy (non-hydrogen) atoms. The van der Waals surface area contributed by atoms with E-state index in [0.29, 0.717) is 6.42 Å². The Morgan fingerprint density at radius 3 is 3.16 bits per heavy atom. The molecule has 0 saturated carbocycles. The molecule has 1 amide bonds. The normalized spacial score (nSPS) is 19.6. The first-order valence-electron chi connectivity index (χ1n) is 6.60. The predicted octanol–water partition coefficient (Wildman–Crippen LogP) is 2.61. The zero-order valence-electron chi connectivity index (χ0n) is 11.0.